The van der Waals surface area contributed by atoms with Crippen molar-refractivity contribution in [2.45, 2.75) is 31.3 Å². The molecule has 2 atom stereocenters. The molecule has 0 saturated carbocycles. The molecule has 4 rings (SSSR count). The second kappa shape index (κ2) is 3.47. The van der Waals surface area contributed by atoms with E-state index in [-0.39, 0.29) is 0 Å². The number of nitrogens with one attached hydrogen (secondary N) is 2. The summed E-state index contributed by atoms with van der Waals surface area (Å²) in [6.07, 6.45) is 6.67. The Kier molecular flexibility index (Phi) is 1.94. The van der Waals surface area contributed by atoms with Crippen molar-refractivity contribution in [3.63, 3.8) is 0 Å². The second-order valence-corrected chi connectivity index (χ2v) is 5.21. The van der Waals surface area contributed by atoms with Crippen molar-refractivity contribution >= 4 is 0 Å². The number of aromatic amines is 1. The van der Waals surface area contributed by atoms with Crippen LogP contribution in [0.15, 0.2) is 36.7 Å². The molecule has 1 aliphatic carbocycles. The van der Waals surface area contributed by atoms with Gasteiger partial charge in [0, 0.05) is 30.9 Å². The third-order valence-corrected chi connectivity index (χ3v) is 4.30. The van der Waals surface area contributed by atoms with Gasteiger partial charge in [0.25, 0.3) is 0 Å². The van der Waals surface area contributed by atoms with Crippen molar-refractivity contribution in [1.29, 1.82) is 0 Å². The van der Waals surface area contributed by atoms with Gasteiger partial charge < -0.3 is 10.3 Å². The molecule has 0 fully saturated rings. The number of fused-ring (bicyclic) bond motifs is 4. The van der Waals surface area contributed by atoms with Crippen molar-refractivity contribution in [2.24, 2.45) is 0 Å². The Morgan fingerprint density at radius 3 is 2.71 bits per heavy atom. The number of aromatic nitrogens is 1. The summed E-state index contributed by atoms with van der Waals surface area (Å²) in [6.45, 7) is 1.02. The van der Waals surface area contributed by atoms with Crippen LogP contribution < -0.4 is 5.32 Å². The first-order chi connectivity index (χ1) is 8.42. The highest BCUT2D eigenvalue weighted by Crippen LogP contribution is 2.37. The molecule has 2 heterocycles. The highest BCUT2D eigenvalue weighted by Gasteiger charge is 2.33. The number of H-pyrrole nitrogens is 1. The lowest BCUT2D eigenvalue weighted by molar-refractivity contribution is 0.380. The third kappa shape index (κ3) is 1.37. The number of hydrogen-bond donors (Lipinski definition) is 2. The molecule has 0 bridgehead atoms. The van der Waals surface area contributed by atoms with E-state index in [1.54, 1.807) is 5.56 Å². The van der Waals surface area contributed by atoms with E-state index in [1.807, 2.05) is 0 Å². The monoisotopic (exact) mass is 224 g/mol. The number of rotatable bonds is 0. The summed E-state index contributed by atoms with van der Waals surface area (Å²) >= 11 is 0. The first-order valence-electron chi connectivity index (χ1n) is 6.37. The maximum atomic E-state index is 3.69. The van der Waals surface area contributed by atoms with Crippen molar-refractivity contribution < 1.29 is 0 Å². The van der Waals surface area contributed by atoms with Gasteiger partial charge in [0.1, 0.15) is 0 Å². The summed E-state index contributed by atoms with van der Waals surface area (Å²) in [5.41, 5.74) is 6.04. The zero-order chi connectivity index (χ0) is 11.2. The van der Waals surface area contributed by atoms with Crippen molar-refractivity contribution in [1.82, 2.24) is 10.3 Å². The van der Waals surface area contributed by atoms with Crippen LogP contribution >= 0.6 is 0 Å². The standard InChI is InChI=1S/C15H16N2/c1-2-4-13-10(3-1)9-17-15-6-12-8-16-7-11(12)5-14(13)15/h1-4,7-8,14-17H,5-6,9H2/t14-,15+/m0/s1. The fourth-order valence-corrected chi connectivity index (χ4v) is 3.41. The summed E-state index contributed by atoms with van der Waals surface area (Å²) in [6, 6.07) is 9.50. The fraction of sp³-hybridized carbons (Fsp3) is 0.333. The van der Waals surface area contributed by atoms with Gasteiger partial charge in [-0.2, -0.15) is 0 Å². The van der Waals surface area contributed by atoms with Crippen molar-refractivity contribution in [3.05, 3.63) is 58.9 Å². The Hall–Kier alpha value is -1.54. The Labute approximate surface area is 101 Å². The predicted molar refractivity (Wildman–Crippen MR) is 68.0 cm³/mol. The number of hydrogen-bond acceptors (Lipinski definition) is 1. The molecule has 2 nitrogen and oxygen atoms in total. The largest absolute Gasteiger partial charge is 0.367 e. The molecule has 1 aromatic heterocycles. The highest BCUT2D eigenvalue weighted by atomic mass is 14.9. The van der Waals surface area contributed by atoms with Crippen molar-refractivity contribution in [2.75, 3.05) is 0 Å². The van der Waals surface area contributed by atoms with Crippen LogP contribution in [0.1, 0.15) is 28.2 Å². The fourth-order valence-electron chi connectivity index (χ4n) is 3.41. The van der Waals surface area contributed by atoms with Gasteiger partial charge in [0.05, 0.1) is 0 Å². The van der Waals surface area contributed by atoms with Gasteiger partial charge in [0.15, 0.2) is 0 Å². The smallest absolute Gasteiger partial charge is 0.0211 e. The summed E-state index contributed by atoms with van der Waals surface area (Å²) in [5.74, 6) is 0.656. The zero-order valence-corrected chi connectivity index (χ0v) is 9.74. The van der Waals surface area contributed by atoms with Gasteiger partial charge in [-0.3, -0.25) is 0 Å². The van der Waals surface area contributed by atoms with Gasteiger partial charge >= 0.3 is 0 Å². The second-order valence-electron chi connectivity index (χ2n) is 5.21. The van der Waals surface area contributed by atoms with Crippen LogP contribution in [-0.2, 0) is 19.4 Å². The normalized spacial score (nSPS) is 25.9. The molecule has 2 N–H and O–H groups in total. The first kappa shape index (κ1) is 9.49. The maximum absolute atomic E-state index is 3.69. The Balaban J connectivity index is 1.80. The number of benzene rings is 1. The molecule has 2 aliphatic rings. The average Bonchev–Trinajstić information content (AvgIpc) is 2.83. The molecule has 1 aliphatic heterocycles. The Morgan fingerprint density at radius 2 is 1.76 bits per heavy atom. The first-order valence-corrected chi connectivity index (χ1v) is 6.37. The summed E-state index contributed by atoms with van der Waals surface area (Å²) in [5, 5.41) is 3.69. The van der Waals surface area contributed by atoms with Crippen molar-refractivity contribution in [3.8, 4) is 0 Å². The zero-order valence-electron chi connectivity index (χ0n) is 9.74. The summed E-state index contributed by atoms with van der Waals surface area (Å²) < 4.78 is 0. The molecule has 17 heavy (non-hydrogen) atoms. The lowest BCUT2D eigenvalue weighted by atomic mass is 9.75. The molecule has 0 saturated heterocycles. The van der Waals surface area contributed by atoms with Gasteiger partial charge in [-0.05, 0) is 35.1 Å². The van der Waals surface area contributed by atoms with E-state index in [0.717, 1.165) is 13.0 Å². The molecule has 2 heteroatoms. The SMILES string of the molecule is c1ccc2c(c1)CN[C@@H]1Cc3c[nH]cc3C[C@@H]21. The van der Waals surface area contributed by atoms with Crippen LogP contribution in [-0.4, -0.2) is 11.0 Å². The highest BCUT2D eigenvalue weighted by molar-refractivity contribution is 5.40. The van der Waals surface area contributed by atoms with Gasteiger partial charge in [0.2, 0.25) is 0 Å². The lowest BCUT2D eigenvalue weighted by Gasteiger charge is -2.38. The molecular formula is C15H16N2. The van der Waals surface area contributed by atoms with Crippen LogP contribution in [0.2, 0.25) is 0 Å². The van der Waals surface area contributed by atoms with E-state index in [9.17, 15) is 0 Å². The minimum Gasteiger partial charge on any atom is -0.367 e. The van der Waals surface area contributed by atoms with Crippen LogP contribution in [0.5, 0.6) is 0 Å². The predicted octanol–water partition coefficient (Wildman–Crippen LogP) is 2.37. The molecule has 0 amide bonds. The molecule has 0 spiro atoms. The quantitative estimate of drug-likeness (QED) is 0.706. The van der Waals surface area contributed by atoms with E-state index in [0.29, 0.717) is 12.0 Å². The van der Waals surface area contributed by atoms with E-state index < -0.39 is 0 Å². The molecular weight excluding hydrogens is 208 g/mol. The van der Waals surface area contributed by atoms with Crippen LogP contribution in [0.4, 0.5) is 0 Å². The van der Waals surface area contributed by atoms with E-state index in [4.69, 9.17) is 0 Å². The lowest BCUT2D eigenvalue weighted by Crippen LogP contribution is -2.43. The minimum atomic E-state index is 0.619. The van der Waals surface area contributed by atoms with Crippen LogP contribution in [0, 0.1) is 0 Å². The van der Waals surface area contributed by atoms with E-state index >= 15 is 0 Å². The Bertz CT molecular complexity index is 556. The topological polar surface area (TPSA) is 27.8 Å². The average molecular weight is 224 g/mol. The molecule has 1 aromatic carbocycles. The van der Waals surface area contributed by atoms with Crippen LogP contribution in [0.25, 0.3) is 0 Å². The molecule has 0 unspecified atom stereocenters. The maximum Gasteiger partial charge on any atom is 0.0211 e. The minimum absolute atomic E-state index is 0.619. The van der Waals surface area contributed by atoms with Gasteiger partial charge in [-0.15, -0.1) is 0 Å². The van der Waals surface area contributed by atoms with Gasteiger partial charge in [-0.25, -0.2) is 0 Å². The van der Waals surface area contributed by atoms with Crippen LogP contribution in [0.3, 0.4) is 0 Å². The summed E-state index contributed by atoms with van der Waals surface area (Å²) in [4.78, 5) is 3.25. The van der Waals surface area contributed by atoms with Gasteiger partial charge in [-0.1, -0.05) is 24.3 Å². The molecule has 2 aromatic rings. The van der Waals surface area contributed by atoms with E-state index in [1.165, 1.54) is 23.1 Å². The van der Waals surface area contributed by atoms with E-state index in [2.05, 4.69) is 47.0 Å². The Morgan fingerprint density at radius 1 is 0.941 bits per heavy atom. The molecule has 0 radical (unpaired) electrons. The third-order valence-electron chi connectivity index (χ3n) is 4.30. The summed E-state index contributed by atoms with van der Waals surface area (Å²) in [7, 11) is 0. The molecule has 86 valence electrons.